The monoisotopic (exact) mass is 416 g/mol. The molecule has 0 amide bonds. The van der Waals surface area contributed by atoms with Gasteiger partial charge in [0.2, 0.25) is 0 Å². The summed E-state index contributed by atoms with van der Waals surface area (Å²) in [6.07, 6.45) is -2.40. The number of hydrogen-bond donors (Lipinski definition) is 1. The van der Waals surface area contributed by atoms with E-state index in [-0.39, 0.29) is 12.8 Å². The first-order chi connectivity index (χ1) is 11.4. The summed E-state index contributed by atoms with van der Waals surface area (Å²) in [6.45, 7) is -1.53. The van der Waals surface area contributed by atoms with Crippen LogP contribution in [0.3, 0.4) is 0 Å². The molecule has 0 bridgehead atoms. The van der Waals surface area contributed by atoms with Crippen molar-refractivity contribution in [1.29, 1.82) is 0 Å². The molecule has 1 nitrogen and oxygen atoms in total. The fourth-order valence-electron chi connectivity index (χ4n) is 1.88. The molecule has 0 saturated carbocycles. The van der Waals surface area contributed by atoms with Crippen LogP contribution >= 0.6 is 0 Å². The molecule has 0 aliphatic carbocycles. The molecule has 13 heteroatoms. The molecule has 0 fully saturated rings. The second-order valence-electron chi connectivity index (χ2n) is 5.68. The maximum atomic E-state index is 13.4. The zero-order chi connectivity index (χ0) is 21.2. The van der Waals surface area contributed by atoms with Gasteiger partial charge in [0.25, 0.3) is 0 Å². The minimum atomic E-state index is -7.59. The second-order valence-corrected chi connectivity index (χ2v) is 5.68. The molecule has 0 spiro atoms. The maximum Gasteiger partial charge on any atom is 0.384 e. The number of halogens is 12. The zero-order valence-corrected chi connectivity index (χ0v) is 13.2. The summed E-state index contributed by atoms with van der Waals surface area (Å²) in [4.78, 5) is 0. The van der Waals surface area contributed by atoms with Gasteiger partial charge in [-0.15, -0.1) is 0 Å². The van der Waals surface area contributed by atoms with Gasteiger partial charge >= 0.3 is 35.5 Å². The lowest BCUT2D eigenvalue weighted by Crippen LogP contribution is -2.71. The molecule has 0 aliphatic heterocycles. The van der Waals surface area contributed by atoms with Crippen molar-refractivity contribution in [2.75, 3.05) is 6.61 Å². The van der Waals surface area contributed by atoms with Crippen LogP contribution in [0.15, 0.2) is 0 Å². The summed E-state index contributed by atoms with van der Waals surface area (Å²) < 4.78 is 158. The van der Waals surface area contributed by atoms with Gasteiger partial charge in [-0.2, -0.15) is 52.7 Å². The van der Waals surface area contributed by atoms with Crippen molar-refractivity contribution in [3.05, 3.63) is 0 Å². The quantitative estimate of drug-likeness (QED) is 0.335. The molecule has 1 N–H and O–H groups in total. The summed E-state index contributed by atoms with van der Waals surface area (Å²) >= 11 is 0. The Morgan fingerprint density at radius 2 is 0.923 bits per heavy atom. The van der Waals surface area contributed by atoms with E-state index in [2.05, 4.69) is 0 Å². The molecule has 0 unspecified atom stereocenters. The lowest BCUT2D eigenvalue weighted by atomic mass is 9.89. The zero-order valence-electron chi connectivity index (χ0n) is 13.2. The normalized spacial score (nSPS) is 15.5. The number of rotatable bonds is 11. The SMILES string of the molecule is CCCCCCC(F)(F)C(F)(F)C(F)(F)C(F)(F)C(F)(F)C(F)(F)CO. The van der Waals surface area contributed by atoms with E-state index in [4.69, 9.17) is 5.11 Å². The Kier molecular flexibility index (Phi) is 7.37. The lowest BCUT2D eigenvalue weighted by molar-refractivity contribution is -0.427. The molecule has 26 heavy (non-hydrogen) atoms. The minimum absolute atomic E-state index is 0.164. The Morgan fingerprint density at radius 3 is 1.27 bits per heavy atom. The van der Waals surface area contributed by atoms with Crippen molar-refractivity contribution in [2.45, 2.75) is 74.6 Å². The lowest BCUT2D eigenvalue weighted by Gasteiger charge is -2.41. The molecule has 0 rings (SSSR count). The first kappa shape index (κ1) is 25.1. The van der Waals surface area contributed by atoms with Gasteiger partial charge < -0.3 is 5.11 Å². The van der Waals surface area contributed by atoms with Gasteiger partial charge in [0.05, 0.1) is 0 Å². The summed E-state index contributed by atoms with van der Waals surface area (Å²) in [5.41, 5.74) is 0. The fraction of sp³-hybridized carbons (Fsp3) is 1.00. The van der Waals surface area contributed by atoms with Crippen LogP contribution < -0.4 is 0 Å². The Morgan fingerprint density at radius 1 is 0.538 bits per heavy atom. The summed E-state index contributed by atoms with van der Waals surface area (Å²) in [5.74, 6) is -41.6. The molecular formula is C13H16F12O. The molecule has 0 aromatic rings. The van der Waals surface area contributed by atoms with Crippen LogP contribution in [0.25, 0.3) is 0 Å². The standard InChI is InChI=1S/C13H16F12O/c1-2-3-4-5-6-8(14,15)10(18,19)12(22,23)13(24,25)11(20,21)9(16,17)7-26/h26H,2-7H2,1H3. The van der Waals surface area contributed by atoms with Gasteiger partial charge in [-0.1, -0.05) is 26.2 Å². The number of alkyl halides is 12. The second kappa shape index (κ2) is 7.63. The summed E-state index contributed by atoms with van der Waals surface area (Å²) in [7, 11) is 0. The topological polar surface area (TPSA) is 20.2 Å². The van der Waals surface area contributed by atoms with Crippen LogP contribution in [0, 0.1) is 0 Å². The van der Waals surface area contributed by atoms with Gasteiger partial charge in [-0.05, 0) is 6.42 Å². The van der Waals surface area contributed by atoms with E-state index in [1.165, 1.54) is 0 Å². The van der Waals surface area contributed by atoms with Crippen LogP contribution in [-0.4, -0.2) is 47.2 Å². The average Bonchev–Trinajstić information content (AvgIpc) is 2.50. The predicted octanol–water partition coefficient (Wildman–Crippen LogP) is 5.76. The van der Waals surface area contributed by atoms with Gasteiger partial charge in [0.1, 0.15) is 6.61 Å². The third-order valence-electron chi connectivity index (χ3n) is 3.64. The highest BCUT2D eigenvalue weighted by molar-refractivity contribution is 5.11. The third kappa shape index (κ3) is 3.86. The van der Waals surface area contributed by atoms with Crippen LogP contribution in [0.1, 0.15) is 39.0 Å². The first-order valence-electron chi connectivity index (χ1n) is 7.25. The maximum absolute atomic E-state index is 13.4. The van der Waals surface area contributed by atoms with Crippen molar-refractivity contribution in [3.8, 4) is 0 Å². The van der Waals surface area contributed by atoms with E-state index in [9.17, 15) is 52.7 Å². The van der Waals surface area contributed by atoms with Crippen molar-refractivity contribution in [2.24, 2.45) is 0 Å². The molecule has 0 radical (unpaired) electrons. The van der Waals surface area contributed by atoms with Crippen molar-refractivity contribution in [1.82, 2.24) is 0 Å². The van der Waals surface area contributed by atoms with Gasteiger partial charge in [-0.3, -0.25) is 0 Å². The molecule has 0 aromatic carbocycles. The van der Waals surface area contributed by atoms with E-state index < -0.39 is 55.0 Å². The van der Waals surface area contributed by atoms with Crippen molar-refractivity contribution < 1.29 is 57.8 Å². The third-order valence-corrected chi connectivity index (χ3v) is 3.64. The number of hydrogen-bond acceptors (Lipinski definition) is 1. The van der Waals surface area contributed by atoms with Crippen LogP contribution in [0.2, 0.25) is 0 Å². The van der Waals surface area contributed by atoms with Crippen LogP contribution in [-0.2, 0) is 0 Å². The van der Waals surface area contributed by atoms with Crippen molar-refractivity contribution >= 4 is 0 Å². The highest BCUT2D eigenvalue weighted by Gasteiger charge is 2.89. The van der Waals surface area contributed by atoms with E-state index in [0.29, 0.717) is 6.42 Å². The van der Waals surface area contributed by atoms with E-state index >= 15 is 0 Å². The molecule has 158 valence electrons. The van der Waals surface area contributed by atoms with Gasteiger partial charge in [0, 0.05) is 6.42 Å². The average molecular weight is 416 g/mol. The molecule has 0 aromatic heterocycles. The van der Waals surface area contributed by atoms with Crippen molar-refractivity contribution in [3.63, 3.8) is 0 Å². The van der Waals surface area contributed by atoms with E-state index in [1.807, 2.05) is 0 Å². The Labute approximate surface area is 140 Å². The number of aliphatic hydroxyl groups is 1. The first-order valence-corrected chi connectivity index (χ1v) is 7.25. The van der Waals surface area contributed by atoms with Gasteiger partial charge in [0.15, 0.2) is 0 Å². The van der Waals surface area contributed by atoms with E-state index in [0.717, 1.165) is 0 Å². The minimum Gasteiger partial charge on any atom is -0.390 e. The van der Waals surface area contributed by atoms with E-state index in [1.54, 1.807) is 6.92 Å². The molecular weight excluding hydrogens is 400 g/mol. The molecule has 0 atom stereocenters. The largest absolute Gasteiger partial charge is 0.390 e. The van der Waals surface area contributed by atoms with Gasteiger partial charge in [-0.25, -0.2) is 0 Å². The Hall–Kier alpha value is -0.880. The van der Waals surface area contributed by atoms with Crippen LogP contribution in [0.5, 0.6) is 0 Å². The predicted molar refractivity (Wildman–Crippen MR) is 65.5 cm³/mol. The molecule has 0 aliphatic rings. The fourth-order valence-corrected chi connectivity index (χ4v) is 1.88. The molecule has 0 heterocycles. The number of unbranched alkanes of at least 4 members (excludes halogenated alkanes) is 3. The highest BCUT2D eigenvalue weighted by Crippen LogP contribution is 2.60. The Balaban J connectivity index is 5.87. The molecule has 0 saturated heterocycles. The summed E-state index contributed by atoms with van der Waals surface area (Å²) in [5, 5.41) is 7.94. The number of aliphatic hydroxyl groups excluding tert-OH is 1. The smallest absolute Gasteiger partial charge is 0.384 e. The highest BCUT2D eigenvalue weighted by atomic mass is 19.4. The Bertz CT molecular complexity index is 460. The van der Waals surface area contributed by atoms with Crippen LogP contribution in [0.4, 0.5) is 52.7 Å². The summed E-state index contributed by atoms with van der Waals surface area (Å²) in [6, 6.07) is 0.